The van der Waals surface area contributed by atoms with Gasteiger partial charge >= 0.3 is 6.09 Å². The maximum Gasteiger partial charge on any atom is 0.407 e. The third-order valence-corrected chi connectivity index (χ3v) is 3.47. The topological polar surface area (TPSA) is 51.2 Å². The number of rotatable bonds is 5. The minimum Gasteiger partial charge on any atom is -0.444 e. The lowest BCUT2D eigenvalue weighted by Gasteiger charge is -2.19. The van der Waals surface area contributed by atoms with Gasteiger partial charge in [0.1, 0.15) is 5.60 Å². The van der Waals surface area contributed by atoms with Gasteiger partial charge in [0.2, 0.25) is 0 Å². The standard InChI is InChI=1S/C13H20N2O2S2/c1-13(2,3)17-12(16)15-6-7-19-9-10-4-5-14-8-11(10)18/h4-5,8,18H,6-7,9H2,1-3H3,(H,15,16). The Kier molecular flexibility index (Phi) is 6.51. The molecule has 0 unspecified atom stereocenters. The van der Waals surface area contributed by atoms with Gasteiger partial charge < -0.3 is 10.1 Å². The lowest BCUT2D eigenvalue weighted by Crippen LogP contribution is -2.33. The van der Waals surface area contributed by atoms with Gasteiger partial charge in [-0.1, -0.05) is 0 Å². The largest absolute Gasteiger partial charge is 0.444 e. The van der Waals surface area contributed by atoms with Crippen LogP contribution in [0.5, 0.6) is 0 Å². The first-order valence-electron chi connectivity index (χ1n) is 6.05. The van der Waals surface area contributed by atoms with Gasteiger partial charge in [-0.05, 0) is 32.4 Å². The molecule has 0 bridgehead atoms. The highest BCUT2D eigenvalue weighted by Crippen LogP contribution is 2.17. The number of thioether (sulfide) groups is 1. The average molecular weight is 300 g/mol. The van der Waals surface area contributed by atoms with Gasteiger partial charge in [-0.15, -0.1) is 12.6 Å². The molecule has 1 rings (SSSR count). The van der Waals surface area contributed by atoms with E-state index >= 15 is 0 Å². The van der Waals surface area contributed by atoms with E-state index in [1.165, 1.54) is 0 Å². The van der Waals surface area contributed by atoms with Crippen molar-refractivity contribution in [3.05, 3.63) is 24.0 Å². The van der Waals surface area contributed by atoms with E-state index in [4.69, 9.17) is 4.74 Å². The van der Waals surface area contributed by atoms with Crippen LogP contribution in [0.3, 0.4) is 0 Å². The Morgan fingerprint density at radius 1 is 1.53 bits per heavy atom. The molecule has 1 aromatic rings. The van der Waals surface area contributed by atoms with Crippen LogP contribution in [0.15, 0.2) is 23.4 Å². The third kappa shape index (κ3) is 7.32. The minimum absolute atomic E-state index is 0.369. The van der Waals surface area contributed by atoms with Crippen LogP contribution in [-0.2, 0) is 10.5 Å². The van der Waals surface area contributed by atoms with Crippen LogP contribution in [0.1, 0.15) is 26.3 Å². The first-order valence-corrected chi connectivity index (χ1v) is 7.65. The van der Waals surface area contributed by atoms with Crippen molar-refractivity contribution >= 4 is 30.5 Å². The van der Waals surface area contributed by atoms with E-state index in [-0.39, 0.29) is 6.09 Å². The van der Waals surface area contributed by atoms with Crippen LogP contribution in [0.4, 0.5) is 4.79 Å². The lowest BCUT2D eigenvalue weighted by molar-refractivity contribution is 0.0531. The molecule has 0 aliphatic heterocycles. The Morgan fingerprint density at radius 3 is 2.89 bits per heavy atom. The van der Waals surface area contributed by atoms with Crippen molar-refractivity contribution in [1.82, 2.24) is 10.3 Å². The number of nitrogens with one attached hydrogen (secondary N) is 1. The molecule has 0 saturated carbocycles. The zero-order chi connectivity index (χ0) is 14.3. The van der Waals surface area contributed by atoms with Crippen LogP contribution >= 0.6 is 24.4 Å². The summed E-state index contributed by atoms with van der Waals surface area (Å²) in [6, 6.07) is 1.95. The molecule has 0 atom stereocenters. The molecule has 0 aliphatic carbocycles. The van der Waals surface area contributed by atoms with E-state index in [0.717, 1.165) is 22.0 Å². The maximum atomic E-state index is 11.4. The quantitative estimate of drug-likeness (QED) is 0.648. The molecule has 0 radical (unpaired) electrons. The smallest absolute Gasteiger partial charge is 0.407 e. The van der Waals surface area contributed by atoms with Crippen molar-refractivity contribution in [1.29, 1.82) is 0 Å². The summed E-state index contributed by atoms with van der Waals surface area (Å²) in [5.41, 5.74) is 0.704. The van der Waals surface area contributed by atoms with E-state index in [2.05, 4.69) is 22.9 Å². The molecule has 19 heavy (non-hydrogen) atoms. The second-order valence-corrected chi connectivity index (χ2v) is 6.57. The number of alkyl carbamates (subject to hydrolysis) is 1. The molecular weight excluding hydrogens is 280 g/mol. The van der Waals surface area contributed by atoms with Gasteiger partial charge in [-0.25, -0.2) is 4.79 Å². The van der Waals surface area contributed by atoms with Crippen molar-refractivity contribution in [2.45, 2.75) is 37.0 Å². The Balaban J connectivity index is 2.15. The molecule has 0 fully saturated rings. The molecule has 4 nitrogen and oxygen atoms in total. The third-order valence-electron chi connectivity index (χ3n) is 2.06. The molecule has 1 N–H and O–H groups in total. The number of amides is 1. The van der Waals surface area contributed by atoms with Crippen LogP contribution in [0, 0.1) is 0 Å². The monoisotopic (exact) mass is 300 g/mol. The molecule has 0 saturated heterocycles. The zero-order valence-electron chi connectivity index (χ0n) is 11.5. The summed E-state index contributed by atoms with van der Waals surface area (Å²) in [4.78, 5) is 16.3. The highest BCUT2D eigenvalue weighted by atomic mass is 32.2. The number of carbonyl (C=O) groups excluding carboxylic acids is 1. The summed E-state index contributed by atoms with van der Waals surface area (Å²) in [6.45, 7) is 6.13. The van der Waals surface area contributed by atoms with E-state index < -0.39 is 5.60 Å². The summed E-state index contributed by atoms with van der Waals surface area (Å²) in [6.07, 6.45) is 3.12. The van der Waals surface area contributed by atoms with Gasteiger partial charge in [-0.3, -0.25) is 4.98 Å². The van der Waals surface area contributed by atoms with Gasteiger partial charge in [0.15, 0.2) is 0 Å². The summed E-state index contributed by atoms with van der Waals surface area (Å²) in [5.74, 6) is 1.69. The summed E-state index contributed by atoms with van der Waals surface area (Å²) < 4.78 is 5.14. The zero-order valence-corrected chi connectivity index (χ0v) is 13.2. The highest BCUT2D eigenvalue weighted by Gasteiger charge is 2.15. The van der Waals surface area contributed by atoms with Gasteiger partial charge in [0, 0.05) is 35.3 Å². The number of thiol groups is 1. The van der Waals surface area contributed by atoms with Gasteiger partial charge in [-0.2, -0.15) is 11.8 Å². The fraction of sp³-hybridized carbons (Fsp3) is 0.538. The van der Waals surface area contributed by atoms with Crippen LogP contribution in [0.2, 0.25) is 0 Å². The molecule has 6 heteroatoms. The first-order chi connectivity index (χ1) is 8.88. The number of hydrogen-bond donors (Lipinski definition) is 2. The van der Waals surface area contributed by atoms with Gasteiger partial charge in [0.05, 0.1) is 0 Å². The Bertz CT molecular complexity index is 419. The molecule has 0 aliphatic rings. The molecule has 106 valence electrons. The summed E-state index contributed by atoms with van der Waals surface area (Å²) >= 11 is 6.07. The average Bonchev–Trinajstić information content (AvgIpc) is 2.28. The van der Waals surface area contributed by atoms with E-state index in [0.29, 0.717) is 6.54 Å². The van der Waals surface area contributed by atoms with E-state index in [9.17, 15) is 4.79 Å². The number of carbonyl (C=O) groups is 1. The lowest BCUT2D eigenvalue weighted by atomic mass is 10.2. The normalized spacial score (nSPS) is 11.2. The van der Waals surface area contributed by atoms with E-state index in [1.54, 1.807) is 24.2 Å². The second kappa shape index (κ2) is 7.65. The van der Waals surface area contributed by atoms with Crippen molar-refractivity contribution in [2.24, 2.45) is 0 Å². The highest BCUT2D eigenvalue weighted by molar-refractivity contribution is 7.98. The molecule has 1 aromatic heterocycles. The first kappa shape index (κ1) is 16.2. The number of ether oxygens (including phenoxy) is 1. The van der Waals surface area contributed by atoms with Gasteiger partial charge in [0.25, 0.3) is 0 Å². The predicted molar refractivity (Wildman–Crippen MR) is 81.9 cm³/mol. The molecule has 0 aromatic carbocycles. The molecular formula is C13H20N2O2S2. The molecule has 0 spiro atoms. The second-order valence-electron chi connectivity index (χ2n) is 4.99. The fourth-order valence-corrected chi connectivity index (χ4v) is 2.45. The van der Waals surface area contributed by atoms with Crippen molar-refractivity contribution in [3.8, 4) is 0 Å². The maximum absolute atomic E-state index is 11.4. The number of hydrogen-bond acceptors (Lipinski definition) is 5. The Morgan fingerprint density at radius 2 is 2.26 bits per heavy atom. The van der Waals surface area contributed by atoms with Crippen molar-refractivity contribution < 1.29 is 9.53 Å². The Hall–Kier alpha value is -0.880. The number of pyridine rings is 1. The SMILES string of the molecule is CC(C)(C)OC(=O)NCCSCc1ccncc1S. The van der Waals surface area contributed by atoms with Crippen molar-refractivity contribution in [2.75, 3.05) is 12.3 Å². The predicted octanol–water partition coefficient (Wildman–Crippen LogP) is 3.13. The van der Waals surface area contributed by atoms with Crippen LogP contribution in [-0.4, -0.2) is 29.0 Å². The van der Waals surface area contributed by atoms with Crippen LogP contribution in [0.25, 0.3) is 0 Å². The minimum atomic E-state index is -0.449. The van der Waals surface area contributed by atoms with Crippen molar-refractivity contribution in [3.63, 3.8) is 0 Å². The van der Waals surface area contributed by atoms with Crippen LogP contribution < -0.4 is 5.32 Å². The number of aromatic nitrogens is 1. The molecule has 1 heterocycles. The van der Waals surface area contributed by atoms with E-state index in [1.807, 2.05) is 26.8 Å². The molecule has 1 amide bonds. The summed E-state index contributed by atoms with van der Waals surface area (Å²) in [7, 11) is 0. The number of nitrogens with zero attached hydrogens (tertiary/aromatic N) is 1. The Labute approximate surface area is 124 Å². The summed E-state index contributed by atoms with van der Waals surface area (Å²) in [5, 5.41) is 2.73. The fourth-order valence-electron chi connectivity index (χ4n) is 1.26.